The Morgan fingerprint density at radius 2 is 1.74 bits per heavy atom. The zero-order valence-electron chi connectivity index (χ0n) is 10.2. The highest BCUT2D eigenvalue weighted by Gasteiger charge is 2.38. The molecule has 0 spiro atoms. The molecule has 2 amide bonds. The second-order valence-electron chi connectivity index (χ2n) is 4.13. The molecule has 0 radical (unpaired) electrons. The fourth-order valence-corrected chi connectivity index (χ4v) is 1.73. The average Bonchev–Trinajstić information content (AvgIpc) is 2.35. The quantitative estimate of drug-likeness (QED) is 0.680. The van der Waals surface area contributed by atoms with E-state index in [4.69, 9.17) is 5.11 Å². The van der Waals surface area contributed by atoms with Gasteiger partial charge in [0.1, 0.15) is 0 Å². The molecule has 1 aliphatic heterocycles. The van der Waals surface area contributed by atoms with Crippen molar-refractivity contribution in [1.29, 1.82) is 0 Å². The van der Waals surface area contributed by atoms with E-state index in [1.807, 2.05) is 4.90 Å². The van der Waals surface area contributed by atoms with Crippen LogP contribution in [-0.4, -0.2) is 78.8 Å². The summed E-state index contributed by atoms with van der Waals surface area (Å²) < 4.78 is 35.7. The third kappa shape index (κ3) is 5.03. The molecule has 9 heteroatoms. The maximum Gasteiger partial charge on any atom is 0.471 e. The van der Waals surface area contributed by atoms with Crippen LogP contribution in [0.3, 0.4) is 0 Å². The Hall–Kier alpha value is -1.35. The molecule has 2 N–H and O–H groups in total. The van der Waals surface area contributed by atoms with Crippen LogP contribution >= 0.6 is 0 Å². The molecule has 0 saturated carbocycles. The lowest BCUT2D eigenvalue weighted by atomic mass is 10.3. The largest absolute Gasteiger partial charge is 0.471 e. The Balaban J connectivity index is 2.30. The summed E-state index contributed by atoms with van der Waals surface area (Å²) in [6.45, 7) is 1.74. The molecule has 0 atom stereocenters. The highest BCUT2D eigenvalue weighted by atomic mass is 19.4. The summed E-state index contributed by atoms with van der Waals surface area (Å²) in [5.74, 6) is -2.65. The van der Waals surface area contributed by atoms with E-state index in [1.165, 1.54) is 4.90 Å². The number of rotatable bonds is 4. The van der Waals surface area contributed by atoms with Gasteiger partial charge in [0.2, 0.25) is 5.91 Å². The first-order valence-electron chi connectivity index (χ1n) is 5.80. The van der Waals surface area contributed by atoms with Crippen molar-refractivity contribution in [2.24, 2.45) is 0 Å². The first-order valence-corrected chi connectivity index (χ1v) is 5.80. The van der Waals surface area contributed by atoms with Crippen molar-refractivity contribution in [2.75, 3.05) is 45.9 Å². The number of aliphatic hydroxyl groups is 1. The van der Waals surface area contributed by atoms with Crippen LogP contribution in [0, 0.1) is 0 Å². The molecule has 110 valence electrons. The Labute approximate surface area is 108 Å². The van der Waals surface area contributed by atoms with Crippen LogP contribution in [0.15, 0.2) is 0 Å². The minimum Gasteiger partial charge on any atom is -0.395 e. The van der Waals surface area contributed by atoms with E-state index in [9.17, 15) is 22.8 Å². The minimum atomic E-state index is -4.97. The average molecular weight is 283 g/mol. The zero-order chi connectivity index (χ0) is 14.5. The van der Waals surface area contributed by atoms with E-state index < -0.39 is 24.5 Å². The van der Waals surface area contributed by atoms with Crippen LogP contribution in [-0.2, 0) is 9.59 Å². The molecule has 1 rings (SSSR count). The molecule has 0 unspecified atom stereocenters. The van der Waals surface area contributed by atoms with Crippen molar-refractivity contribution < 1.29 is 27.9 Å². The van der Waals surface area contributed by atoms with Crippen LogP contribution in [0.5, 0.6) is 0 Å². The van der Waals surface area contributed by atoms with E-state index >= 15 is 0 Å². The monoisotopic (exact) mass is 283 g/mol. The molecule has 0 bridgehead atoms. The molecule has 1 heterocycles. The maximum absolute atomic E-state index is 11.9. The van der Waals surface area contributed by atoms with Crippen molar-refractivity contribution in [3.05, 3.63) is 0 Å². The second kappa shape index (κ2) is 6.71. The van der Waals surface area contributed by atoms with Gasteiger partial charge in [-0.1, -0.05) is 0 Å². The van der Waals surface area contributed by atoms with E-state index in [0.29, 0.717) is 32.7 Å². The lowest BCUT2D eigenvalue weighted by Gasteiger charge is -2.34. The molecule has 1 fully saturated rings. The molecule has 1 saturated heterocycles. The van der Waals surface area contributed by atoms with Gasteiger partial charge in [0.15, 0.2) is 0 Å². The van der Waals surface area contributed by atoms with Gasteiger partial charge in [0, 0.05) is 32.7 Å². The Bertz CT molecular complexity index is 328. The van der Waals surface area contributed by atoms with Gasteiger partial charge >= 0.3 is 12.1 Å². The van der Waals surface area contributed by atoms with Crippen molar-refractivity contribution in [2.45, 2.75) is 6.18 Å². The predicted octanol–water partition coefficient (Wildman–Crippen LogP) is -1.20. The Morgan fingerprint density at radius 1 is 1.16 bits per heavy atom. The van der Waals surface area contributed by atoms with E-state index in [2.05, 4.69) is 0 Å². The number of aliphatic hydroxyl groups excluding tert-OH is 1. The summed E-state index contributed by atoms with van der Waals surface area (Å²) in [6, 6.07) is 0. The topological polar surface area (TPSA) is 72.9 Å². The minimum absolute atomic E-state index is 0.0234. The number of hydrogen-bond acceptors (Lipinski definition) is 4. The molecular weight excluding hydrogens is 267 g/mol. The fourth-order valence-electron chi connectivity index (χ4n) is 1.73. The number of halogens is 3. The normalized spacial score (nSPS) is 17.4. The lowest BCUT2D eigenvalue weighted by Crippen LogP contribution is -2.52. The summed E-state index contributed by atoms with van der Waals surface area (Å²) in [7, 11) is 0. The van der Waals surface area contributed by atoms with E-state index in [0.717, 1.165) is 0 Å². The van der Waals surface area contributed by atoms with E-state index in [-0.39, 0.29) is 6.61 Å². The fraction of sp³-hybridized carbons (Fsp3) is 0.800. The van der Waals surface area contributed by atoms with Gasteiger partial charge < -0.3 is 15.3 Å². The summed E-state index contributed by atoms with van der Waals surface area (Å²) in [5, 5.41) is 10.3. The Kier molecular flexibility index (Phi) is 5.55. The number of nitrogens with zero attached hydrogens (tertiary/aromatic N) is 2. The molecule has 0 aromatic rings. The third-order valence-corrected chi connectivity index (χ3v) is 2.80. The van der Waals surface area contributed by atoms with Gasteiger partial charge in [-0.25, -0.2) is 0 Å². The summed E-state index contributed by atoms with van der Waals surface area (Å²) in [5.41, 5.74) is 0. The number of β-amino-alcohol motifs (C(OH)–C–C–N with tert-alkyl or cyclic N) is 1. The smallest absolute Gasteiger partial charge is 0.395 e. The first kappa shape index (κ1) is 15.7. The zero-order valence-corrected chi connectivity index (χ0v) is 10.2. The number of carbonyl (C=O) groups is 2. The lowest BCUT2D eigenvalue weighted by molar-refractivity contribution is -0.174. The van der Waals surface area contributed by atoms with Crippen LogP contribution in [0.4, 0.5) is 13.2 Å². The van der Waals surface area contributed by atoms with Crippen LogP contribution in [0.25, 0.3) is 0 Å². The number of amides is 2. The van der Waals surface area contributed by atoms with Crippen LogP contribution in [0.1, 0.15) is 0 Å². The standard InChI is InChI=1S/C10H16F3N3O3/c11-10(12,13)9(19)14-7-8(18)16-3-1-15(2-4-16)5-6-17/h17H,1-7H2,(H,14,19). The molecule has 6 nitrogen and oxygen atoms in total. The molecule has 0 aromatic carbocycles. The predicted molar refractivity (Wildman–Crippen MR) is 59.2 cm³/mol. The van der Waals surface area contributed by atoms with Crippen molar-refractivity contribution in [3.8, 4) is 0 Å². The SMILES string of the molecule is O=C(CNC(=O)C(F)(F)F)N1CCN(CCO)CC1. The van der Waals surface area contributed by atoms with Crippen LogP contribution in [0.2, 0.25) is 0 Å². The van der Waals surface area contributed by atoms with Gasteiger partial charge in [0.05, 0.1) is 13.2 Å². The molecule has 1 aliphatic rings. The maximum atomic E-state index is 11.9. The number of alkyl halides is 3. The summed E-state index contributed by atoms with van der Waals surface area (Å²) >= 11 is 0. The Morgan fingerprint density at radius 3 is 2.21 bits per heavy atom. The van der Waals surface area contributed by atoms with Crippen molar-refractivity contribution >= 4 is 11.8 Å². The highest BCUT2D eigenvalue weighted by molar-refractivity contribution is 5.87. The van der Waals surface area contributed by atoms with Gasteiger partial charge in [-0.2, -0.15) is 13.2 Å². The van der Waals surface area contributed by atoms with Gasteiger partial charge in [-0.05, 0) is 0 Å². The number of nitrogens with one attached hydrogen (secondary N) is 1. The highest BCUT2D eigenvalue weighted by Crippen LogP contribution is 2.13. The number of carbonyl (C=O) groups excluding carboxylic acids is 2. The van der Waals surface area contributed by atoms with Crippen molar-refractivity contribution in [3.63, 3.8) is 0 Å². The first-order chi connectivity index (χ1) is 8.84. The summed E-state index contributed by atoms with van der Waals surface area (Å²) in [6.07, 6.45) is -4.97. The van der Waals surface area contributed by atoms with Gasteiger partial charge in [-0.15, -0.1) is 0 Å². The second-order valence-corrected chi connectivity index (χ2v) is 4.13. The third-order valence-electron chi connectivity index (χ3n) is 2.80. The number of piperazine rings is 1. The molecule has 0 aliphatic carbocycles. The molecule has 19 heavy (non-hydrogen) atoms. The molecule has 0 aromatic heterocycles. The van der Waals surface area contributed by atoms with E-state index in [1.54, 1.807) is 5.32 Å². The number of hydrogen-bond donors (Lipinski definition) is 2. The molecular formula is C10H16F3N3O3. The summed E-state index contributed by atoms with van der Waals surface area (Å²) in [4.78, 5) is 25.5. The van der Waals surface area contributed by atoms with Crippen LogP contribution < -0.4 is 5.32 Å². The van der Waals surface area contributed by atoms with Gasteiger partial charge in [-0.3, -0.25) is 14.5 Å². The van der Waals surface area contributed by atoms with Gasteiger partial charge in [0.25, 0.3) is 0 Å². The van der Waals surface area contributed by atoms with Crippen molar-refractivity contribution in [1.82, 2.24) is 15.1 Å².